The lowest BCUT2D eigenvalue weighted by atomic mass is 9.91. The normalized spacial score (nSPS) is 12.6. The molecule has 1 heterocycles. The molecule has 0 bridgehead atoms. The Balaban J connectivity index is 1.93. The van der Waals surface area contributed by atoms with Gasteiger partial charge in [-0.15, -0.1) is 0 Å². The van der Waals surface area contributed by atoms with Crippen molar-refractivity contribution in [1.82, 2.24) is 9.47 Å². The van der Waals surface area contributed by atoms with Crippen LogP contribution in [0.5, 0.6) is 0 Å². The van der Waals surface area contributed by atoms with Gasteiger partial charge in [0.15, 0.2) is 0 Å². The maximum Gasteiger partial charge on any atom is 0.430 e. The van der Waals surface area contributed by atoms with Crippen LogP contribution in [0.4, 0.5) is 26.3 Å². The Morgan fingerprint density at radius 3 is 2.24 bits per heavy atom. The number of alkyl halides is 6. The molecule has 0 radical (unpaired) electrons. The number of esters is 1. The number of halogens is 6. The van der Waals surface area contributed by atoms with E-state index in [-0.39, 0.29) is 30.6 Å². The summed E-state index contributed by atoms with van der Waals surface area (Å²) >= 11 is 0. The fourth-order valence-corrected chi connectivity index (χ4v) is 4.01. The Kier molecular flexibility index (Phi) is 7.64. The molecule has 0 fully saturated rings. The molecule has 2 aromatic carbocycles. The van der Waals surface area contributed by atoms with E-state index >= 15 is 0 Å². The highest BCUT2D eigenvalue weighted by molar-refractivity contribution is 5.96. The van der Waals surface area contributed by atoms with Gasteiger partial charge >= 0.3 is 18.3 Å². The number of carbonyl (C=O) groups is 2. The molecule has 1 amide bonds. The van der Waals surface area contributed by atoms with Gasteiger partial charge in [0.1, 0.15) is 6.54 Å². The van der Waals surface area contributed by atoms with E-state index in [1.165, 1.54) is 18.0 Å². The minimum absolute atomic E-state index is 0.0725. The van der Waals surface area contributed by atoms with Crippen molar-refractivity contribution in [2.24, 2.45) is 0 Å². The molecule has 0 spiro atoms. The summed E-state index contributed by atoms with van der Waals surface area (Å²) in [5.74, 6) is -1.00. The van der Waals surface area contributed by atoms with Crippen molar-refractivity contribution in [2.75, 3.05) is 20.2 Å². The van der Waals surface area contributed by atoms with E-state index in [1.54, 1.807) is 42.7 Å². The summed E-state index contributed by atoms with van der Waals surface area (Å²) in [6, 6.07) is 10.2. The van der Waals surface area contributed by atoms with Crippen molar-refractivity contribution in [1.29, 1.82) is 0 Å². The number of fused-ring (bicyclic) bond motifs is 1. The largest absolute Gasteiger partial charge is 0.465 e. The Morgan fingerprint density at radius 1 is 1.00 bits per heavy atom. The van der Waals surface area contributed by atoms with Gasteiger partial charge in [-0.25, -0.2) is 0 Å². The summed E-state index contributed by atoms with van der Waals surface area (Å²) in [6.45, 7) is 3.35. The van der Waals surface area contributed by atoms with Crippen LogP contribution in [0.15, 0.2) is 48.5 Å². The van der Waals surface area contributed by atoms with Gasteiger partial charge in [0.2, 0.25) is 0 Å². The molecule has 6 nitrogen and oxygen atoms in total. The number of rotatable bonds is 7. The van der Waals surface area contributed by atoms with Gasteiger partial charge in [-0.1, -0.05) is 18.2 Å². The third-order valence-electron chi connectivity index (χ3n) is 5.88. The van der Waals surface area contributed by atoms with E-state index < -0.39 is 35.4 Å². The minimum atomic E-state index is -5.98. The van der Waals surface area contributed by atoms with Crippen molar-refractivity contribution in [3.05, 3.63) is 70.9 Å². The molecule has 1 aromatic heterocycles. The number of carbonyl (C=O) groups excluding carboxylic acids is 2. The maximum absolute atomic E-state index is 13.3. The summed E-state index contributed by atoms with van der Waals surface area (Å²) in [5, 5.41) is 9.79. The molecular formula is C25H24F6N2O4. The Hall–Kier alpha value is -3.54. The van der Waals surface area contributed by atoms with Crippen molar-refractivity contribution < 1.29 is 45.8 Å². The molecule has 0 aliphatic rings. The Labute approximate surface area is 208 Å². The summed E-state index contributed by atoms with van der Waals surface area (Å²) in [6.07, 6.45) is -12.0. The number of likely N-dealkylation sites (N-methyl/N-ethyl adjacent to an activating group) is 1. The number of ether oxygens (including phenoxy) is 1. The first-order valence-electron chi connectivity index (χ1n) is 11.1. The lowest BCUT2D eigenvalue weighted by molar-refractivity contribution is -0.376. The molecule has 0 unspecified atom stereocenters. The third-order valence-corrected chi connectivity index (χ3v) is 5.88. The van der Waals surface area contributed by atoms with Gasteiger partial charge in [0.05, 0.1) is 6.61 Å². The van der Waals surface area contributed by atoms with E-state index in [9.17, 15) is 41.0 Å². The molecule has 37 heavy (non-hydrogen) atoms. The molecule has 200 valence electrons. The molecule has 3 rings (SSSR count). The van der Waals surface area contributed by atoms with Gasteiger partial charge in [0, 0.05) is 41.3 Å². The zero-order chi connectivity index (χ0) is 27.8. The average Bonchev–Trinajstić information content (AvgIpc) is 3.10. The first-order chi connectivity index (χ1) is 17.1. The van der Waals surface area contributed by atoms with Crippen LogP contribution in [0.3, 0.4) is 0 Å². The number of aliphatic hydroxyl groups is 1. The molecule has 0 aliphatic heterocycles. The fourth-order valence-electron chi connectivity index (χ4n) is 4.01. The summed E-state index contributed by atoms with van der Waals surface area (Å²) in [4.78, 5) is 25.6. The monoisotopic (exact) mass is 530 g/mol. The van der Waals surface area contributed by atoms with E-state index in [4.69, 9.17) is 4.74 Å². The lowest BCUT2D eigenvalue weighted by Gasteiger charge is -2.32. The summed E-state index contributed by atoms with van der Waals surface area (Å²) < 4.78 is 86.3. The lowest BCUT2D eigenvalue weighted by Crippen LogP contribution is -2.53. The zero-order valence-corrected chi connectivity index (χ0v) is 20.1. The second kappa shape index (κ2) is 10.1. The van der Waals surface area contributed by atoms with Crippen LogP contribution >= 0.6 is 0 Å². The smallest absolute Gasteiger partial charge is 0.430 e. The molecule has 0 aliphatic carbocycles. The van der Waals surface area contributed by atoms with E-state index in [0.29, 0.717) is 28.9 Å². The SMILES string of the molecule is CCOC(=O)CN(C)C(=O)c1cccc(Cn2c(C)cc3cc(C(O)(C(F)(F)F)C(F)(F)F)ccc32)c1. The number of nitrogens with zero attached hydrogens (tertiary/aromatic N) is 2. The highest BCUT2D eigenvalue weighted by atomic mass is 19.4. The van der Waals surface area contributed by atoms with Crippen LogP contribution in [0.2, 0.25) is 0 Å². The minimum Gasteiger partial charge on any atom is -0.465 e. The van der Waals surface area contributed by atoms with Gasteiger partial charge in [0.25, 0.3) is 11.5 Å². The molecule has 3 aromatic rings. The number of amides is 1. The Bertz CT molecular complexity index is 1300. The van der Waals surface area contributed by atoms with Crippen LogP contribution in [-0.4, -0.2) is 59.0 Å². The van der Waals surface area contributed by atoms with Gasteiger partial charge in [-0.2, -0.15) is 26.3 Å². The highest BCUT2D eigenvalue weighted by Gasteiger charge is 2.71. The molecule has 0 saturated heterocycles. The third kappa shape index (κ3) is 5.43. The molecular weight excluding hydrogens is 506 g/mol. The van der Waals surface area contributed by atoms with E-state index in [0.717, 1.165) is 6.07 Å². The first-order valence-corrected chi connectivity index (χ1v) is 11.1. The van der Waals surface area contributed by atoms with Crippen LogP contribution in [-0.2, 0) is 21.7 Å². The quantitative estimate of drug-likeness (QED) is 0.347. The second-order valence-corrected chi connectivity index (χ2v) is 8.52. The van der Waals surface area contributed by atoms with Crippen molar-refractivity contribution in [3.8, 4) is 0 Å². The van der Waals surface area contributed by atoms with Crippen LogP contribution < -0.4 is 0 Å². The van der Waals surface area contributed by atoms with Crippen molar-refractivity contribution >= 4 is 22.8 Å². The number of hydrogen-bond donors (Lipinski definition) is 1. The maximum atomic E-state index is 13.3. The summed E-state index contributed by atoms with van der Waals surface area (Å²) in [7, 11) is 1.44. The highest BCUT2D eigenvalue weighted by Crippen LogP contribution is 2.50. The van der Waals surface area contributed by atoms with Crippen LogP contribution in [0.1, 0.15) is 34.1 Å². The topological polar surface area (TPSA) is 71.8 Å². The number of aryl methyl sites for hydroxylation is 1. The molecule has 0 atom stereocenters. The van der Waals surface area contributed by atoms with Gasteiger partial charge in [-0.3, -0.25) is 9.59 Å². The Morgan fingerprint density at radius 2 is 1.65 bits per heavy atom. The summed E-state index contributed by atoms with van der Waals surface area (Å²) in [5.41, 5.74) is -4.58. The van der Waals surface area contributed by atoms with Crippen LogP contribution in [0.25, 0.3) is 10.9 Å². The van der Waals surface area contributed by atoms with Gasteiger partial charge in [-0.05, 0) is 49.7 Å². The predicted molar refractivity (Wildman–Crippen MR) is 122 cm³/mol. The van der Waals surface area contributed by atoms with E-state index in [1.807, 2.05) is 0 Å². The second-order valence-electron chi connectivity index (χ2n) is 8.52. The average molecular weight is 530 g/mol. The molecule has 1 N–H and O–H groups in total. The van der Waals surface area contributed by atoms with Crippen molar-refractivity contribution in [2.45, 2.75) is 38.3 Å². The van der Waals surface area contributed by atoms with Crippen molar-refractivity contribution in [3.63, 3.8) is 0 Å². The zero-order valence-electron chi connectivity index (χ0n) is 20.1. The predicted octanol–water partition coefficient (Wildman–Crippen LogP) is 4.95. The fraction of sp³-hybridized carbons (Fsp3) is 0.360. The number of hydrogen-bond acceptors (Lipinski definition) is 4. The molecule has 0 saturated carbocycles. The van der Waals surface area contributed by atoms with Gasteiger partial charge < -0.3 is 19.3 Å². The van der Waals surface area contributed by atoms with E-state index in [2.05, 4.69) is 0 Å². The molecule has 12 heteroatoms. The standard InChI is InChI=1S/C25H24F6N2O4/c1-4-37-21(34)14-32(3)22(35)17-7-5-6-16(11-17)13-33-15(2)10-18-12-19(8-9-20(18)33)23(36,24(26,27)28)25(29,30)31/h5-12,36H,4,13-14H2,1-3H3. The number of benzene rings is 2. The number of aromatic nitrogens is 1. The van der Waals surface area contributed by atoms with Crippen LogP contribution in [0, 0.1) is 6.92 Å². The first kappa shape index (κ1) is 28.0.